The van der Waals surface area contributed by atoms with Crippen LogP contribution in [0.1, 0.15) is 35.4 Å². The van der Waals surface area contributed by atoms with Gasteiger partial charge < -0.3 is 20.5 Å². The zero-order chi connectivity index (χ0) is 21.4. The van der Waals surface area contributed by atoms with E-state index in [1.807, 2.05) is 53.6 Å². The van der Waals surface area contributed by atoms with Gasteiger partial charge in [0.05, 0.1) is 11.9 Å². The van der Waals surface area contributed by atoms with Crippen LogP contribution in [0.2, 0.25) is 0 Å². The Bertz CT molecular complexity index is 1110. The molecule has 0 saturated carbocycles. The van der Waals surface area contributed by atoms with Crippen molar-refractivity contribution in [2.45, 2.75) is 31.2 Å². The number of fused-ring (bicyclic) bond motifs is 2. The third-order valence-corrected chi connectivity index (χ3v) is 6.64. The summed E-state index contributed by atoms with van der Waals surface area (Å²) < 4.78 is 2.29. The number of benzene rings is 2. The fourth-order valence-corrected chi connectivity index (χ4v) is 4.83. The van der Waals surface area contributed by atoms with Gasteiger partial charge in [0, 0.05) is 36.3 Å². The first-order valence-electron chi connectivity index (χ1n) is 10.6. The number of likely N-dealkylation sites (tertiary alicyclic amines) is 1. The molecule has 158 valence electrons. The van der Waals surface area contributed by atoms with Crippen LogP contribution in [0.25, 0.3) is 11.3 Å². The van der Waals surface area contributed by atoms with Gasteiger partial charge in [0.15, 0.2) is 0 Å². The quantitative estimate of drug-likeness (QED) is 0.684. The van der Waals surface area contributed by atoms with Gasteiger partial charge in [0.25, 0.3) is 0 Å². The Morgan fingerprint density at radius 1 is 0.935 bits per heavy atom. The fraction of sp³-hybridized carbons (Fsp3) is 0.292. The molecule has 7 nitrogen and oxygen atoms in total. The molecule has 7 heteroatoms. The summed E-state index contributed by atoms with van der Waals surface area (Å²) in [5.41, 5.74) is 8.78. The maximum Gasteiger partial charge on any atom is 0.321 e. The number of imidazole rings is 1. The van der Waals surface area contributed by atoms with E-state index >= 15 is 0 Å². The highest BCUT2D eigenvalue weighted by molar-refractivity contribution is 5.93. The van der Waals surface area contributed by atoms with Crippen molar-refractivity contribution in [3.8, 4) is 11.3 Å². The molecule has 0 bridgehead atoms. The van der Waals surface area contributed by atoms with Crippen LogP contribution in [-0.4, -0.2) is 39.5 Å². The lowest BCUT2D eigenvalue weighted by atomic mass is 9.77. The first kappa shape index (κ1) is 19.4. The Kier molecular flexibility index (Phi) is 4.73. The van der Waals surface area contributed by atoms with Gasteiger partial charge in [0.1, 0.15) is 5.82 Å². The van der Waals surface area contributed by atoms with Crippen LogP contribution in [0.4, 0.5) is 10.5 Å². The van der Waals surface area contributed by atoms with Crippen molar-refractivity contribution in [2.75, 3.05) is 18.4 Å². The summed E-state index contributed by atoms with van der Waals surface area (Å²) in [5, 5.41) is 2.98. The van der Waals surface area contributed by atoms with Crippen molar-refractivity contribution >= 4 is 17.6 Å². The molecule has 0 radical (unpaired) electrons. The van der Waals surface area contributed by atoms with E-state index in [-0.39, 0.29) is 11.4 Å². The first-order chi connectivity index (χ1) is 15.1. The van der Waals surface area contributed by atoms with E-state index in [0.29, 0.717) is 18.7 Å². The Hall–Kier alpha value is -3.61. The lowest BCUT2D eigenvalue weighted by Gasteiger charge is -2.38. The highest BCUT2D eigenvalue weighted by Gasteiger charge is 2.44. The monoisotopic (exact) mass is 415 g/mol. The summed E-state index contributed by atoms with van der Waals surface area (Å²) in [6.45, 7) is 2.35. The van der Waals surface area contributed by atoms with Crippen LogP contribution in [0.5, 0.6) is 0 Å². The predicted molar refractivity (Wildman–Crippen MR) is 119 cm³/mol. The fourth-order valence-electron chi connectivity index (χ4n) is 4.83. The number of nitrogens with one attached hydrogen (secondary N) is 1. The zero-order valence-electron chi connectivity index (χ0n) is 17.3. The highest BCUT2D eigenvalue weighted by Crippen LogP contribution is 2.44. The second-order valence-electron chi connectivity index (χ2n) is 8.37. The molecule has 0 atom stereocenters. The van der Waals surface area contributed by atoms with Crippen LogP contribution >= 0.6 is 0 Å². The number of para-hydroxylation sites is 1. The molecule has 0 aliphatic carbocycles. The molecule has 1 fully saturated rings. The minimum atomic E-state index is -0.424. The third kappa shape index (κ3) is 3.46. The van der Waals surface area contributed by atoms with Crippen LogP contribution in [0.15, 0.2) is 60.8 Å². The second-order valence-corrected chi connectivity index (χ2v) is 8.37. The SMILES string of the molecule is NC(=O)c1ccc(-c2cnc3n2CCC32CCN(C(=O)Nc3ccccc3)CC2)cc1. The largest absolute Gasteiger partial charge is 0.366 e. The van der Waals surface area contributed by atoms with Crippen molar-refractivity contribution in [2.24, 2.45) is 5.73 Å². The summed E-state index contributed by atoms with van der Waals surface area (Å²) in [6, 6.07) is 16.9. The number of piperidine rings is 1. The molecule has 0 unspecified atom stereocenters. The number of amides is 3. The van der Waals surface area contributed by atoms with Gasteiger partial charge >= 0.3 is 6.03 Å². The van der Waals surface area contributed by atoms with Gasteiger partial charge in [-0.1, -0.05) is 30.3 Å². The van der Waals surface area contributed by atoms with Crippen molar-refractivity contribution in [1.82, 2.24) is 14.5 Å². The van der Waals surface area contributed by atoms with Crippen molar-refractivity contribution in [3.05, 3.63) is 72.2 Å². The Morgan fingerprint density at radius 3 is 2.29 bits per heavy atom. The van der Waals surface area contributed by atoms with E-state index in [0.717, 1.165) is 48.6 Å². The van der Waals surface area contributed by atoms with Crippen LogP contribution in [-0.2, 0) is 12.0 Å². The number of nitrogens with zero attached hydrogens (tertiary/aromatic N) is 3. The Morgan fingerprint density at radius 2 is 1.61 bits per heavy atom. The number of anilines is 1. The molecule has 2 aliphatic rings. The molecule has 3 aromatic rings. The minimum absolute atomic E-state index is 0.0228. The molecular weight excluding hydrogens is 390 g/mol. The molecule has 3 N–H and O–H groups in total. The third-order valence-electron chi connectivity index (χ3n) is 6.64. The molecule has 2 aliphatic heterocycles. The smallest absolute Gasteiger partial charge is 0.321 e. The minimum Gasteiger partial charge on any atom is -0.366 e. The van der Waals surface area contributed by atoms with Crippen molar-refractivity contribution in [1.29, 1.82) is 0 Å². The number of carbonyl (C=O) groups is 2. The average molecular weight is 415 g/mol. The summed E-state index contributed by atoms with van der Waals surface area (Å²) in [6.07, 6.45) is 4.78. The summed E-state index contributed by atoms with van der Waals surface area (Å²) in [7, 11) is 0. The van der Waals surface area contributed by atoms with E-state index in [1.165, 1.54) is 0 Å². The predicted octanol–water partition coefficient (Wildman–Crippen LogP) is 3.62. The number of urea groups is 1. The summed E-state index contributed by atoms with van der Waals surface area (Å²) >= 11 is 0. The zero-order valence-corrected chi connectivity index (χ0v) is 17.3. The second kappa shape index (κ2) is 7.58. The van der Waals surface area contributed by atoms with Crippen LogP contribution in [0, 0.1) is 0 Å². The Balaban J connectivity index is 1.30. The molecule has 1 spiro atoms. The van der Waals surface area contributed by atoms with Crippen LogP contribution < -0.4 is 11.1 Å². The maximum atomic E-state index is 12.6. The lowest BCUT2D eigenvalue weighted by molar-refractivity contribution is 0.1000. The number of carbonyl (C=O) groups excluding carboxylic acids is 2. The number of hydrogen-bond acceptors (Lipinski definition) is 3. The van der Waals surface area contributed by atoms with Crippen LogP contribution in [0.3, 0.4) is 0 Å². The van der Waals surface area contributed by atoms with Gasteiger partial charge in [-0.25, -0.2) is 9.78 Å². The van der Waals surface area contributed by atoms with Gasteiger partial charge in [-0.2, -0.15) is 0 Å². The van der Waals surface area contributed by atoms with E-state index in [1.54, 1.807) is 12.1 Å². The average Bonchev–Trinajstić information content (AvgIpc) is 3.37. The molecule has 3 amide bonds. The van der Waals surface area contributed by atoms with Gasteiger partial charge in [-0.15, -0.1) is 0 Å². The molecule has 31 heavy (non-hydrogen) atoms. The molecule has 1 aromatic heterocycles. The van der Waals surface area contributed by atoms with E-state index in [9.17, 15) is 9.59 Å². The lowest BCUT2D eigenvalue weighted by Crippen LogP contribution is -2.46. The maximum absolute atomic E-state index is 12.6. The number of hydrogen-bond donors (Lipinski definition) is 2. The standard InChI is InChI=1S/C24H25N5O2/c25-21(30)18-8-6-17(7-9-18)20-16-26-22-24(12-15-29(20)22)10-13-28(14-11-24)23(31)27-19-4-2-1-3-5-19/h1-9,16H,10-15H2,(H2,25,30)(H,27,31). The van der Waals surface area contributed by atoms with E-state index in [4.69, 9.17) is 10.7 Å². The summed E-state index contributed by atoms with van der Waals surface area (Å²) in [5.74, 6) is 0.691. The molecule has 5 rings (SSSR count). The van der Waals surface area contributed by atoms with Gasteiger partial charge in [-0.05, 0) is 49.1 Å². The normalized spacial score (nSPS) is 16.8. The van der Waals surface area contributed by atoms with Crippen molar-refractivity contribution < 1.29 is 9.59 Å². The van der Waals surface area contributed by atoms with Gasteiger partial charge in [0.2, 0.25) is 5.91 Å². The highest BCUT2D eigenvalue weighted by atomic mass is 16.2. The van der Waals surface area contributed by atoms with E-state index in [2.05, 4.69) is 9.88 Å². The van der Waals surface area contributed by atoms with Gasteiger partial charge in [-0.3, -0.25) is 4.79 Å². The number of aromatic nitrogens is 2. The number of rotatable bonds is 3. The molecule has 2 aromatic carbocycles. The number of nitrogens with two attached hydrogens (primary N) is 1. The first-order valence-corrected chi connectivity index (χ1v) is 10.6. The van der Waals surface area contributed by atoms with E-state index < -0.39 is 5.91 Å². The Labute approximate surface area is 180 Å². The summed E-state index contributed by atoms with van der Waals surface area (Å²) in [4.78, 5) is 30.7. The van der Waals surface area contributed by atoms with Crippen molar-refractivity contribution in [3.63, 3.8) is 0 Å². The molecule has 1 saturated heterocycles. The number of primary amides is 1. The molecule has 3 heterocycles. The molecular formula is C24H25N5O2. The topological polar surface area (TPSA) is 93.2 Å².